The number of esters is 1. The van der Waals surface area contributed by atoms with E-state index in [2.05, 4.69) is 11.1 Å². The molecule has 0 unspecified atom stereocenters. The summed E-state index contributed by atoms with van der Waals surface area (Å²) in [7, 11) is 0. The Kier molecular flexibility index (Phi) is 5.66. The molecule has 2 heterocycles. The number of ether oxygens (including phenoxy) is 1. The highest BCUT2D eigenvalue weighted by Crippen LogP contribution is 2.31. The van der Waals surface area contributed by atoms with Crippen LogP contribution in [0.4, 0.5) is 0 Å². The van der Waals surface area contributed by atoms with Gasteiger partial charge in [-0.05, 0) is 49.4 Å². The molecule has 30 heavy (non-hydrogen) atoms. The Balaban J connectivity index is 1.66. The Bertz CT molecular complexity index is 1280. The van der Waals surface area contributed by atoms with E-state index < -0.39 is 5.97 Å². The van der Waals surface area contributed by atoms with E-state index in [1.807, 2.05) is 24.3 Å². The number of halogens is 1. The van der Waals surface area contributed by atoms with Crippen molar-refractivity contribution in [1.29, 1.82) is 5.26 Å². The minimum atomic E-state index is -0.487. The summed E-state index contributed by atoms with van der Waals surface area (Å²) in [6.45, 7) is 2.00. The van der Waals surface area contributed by atoms with Gasteiger partial charge in [-0.1, -0.05) is 23.7 Å². The Morgan fingerprint density at radius 2 is 2.10 bits per heavy atom. The third-order valence-corrected chi connectivity index (χ3v) is 5.70. The fourth-order valence-corrected chi connectivity index (χ4v) is 4.03. The van der Waals surface area contributed by atoms with Crippen LogP contribution in [0, 0.1) is 11.3 Å². The van der Waals surface area contributed by atoms with E-state index in [1.165, 1.54) is 11.3 Å². The average molecular weight is 435 g/mol. The first kappa shape index (κ1) is 19.9. The molecule has 0 saturated carbocycles. The van der Waals surface area contributed by atoms with Gasteiger partial charge in [0.2, 0.25) is 0 Å². The number of hydrogen-bond acceptors (Lipinski definition) is 6. The van der Waals surface area contributed by atoms with Gasteiger partial charge in [-0.2, -0.15) is 5.26 Å². The monoisotopic (exact) mass is 434 g/mol. The van der Waals surface area contributed by atoms with E-state index in [9.17, 15) is 10.1 Å². The number of nitriles is 1. The topological polar surface area (TPSA) is 76.1 Å². The van der Waals surface area contributed by atoms with Crippen molar-refractivity contribution in [2.75, 3.05) is 6.61 Å². The number of nitrogens with zero attached hydrogens (tertiary/aromatic N) is 2. The molecule has 0 aliphatic rings. The van der Waals surface area contributed by atoms with Crippen LogP contribution in [0.3, 0.4) is 0 Å². The first-order valence-corrected chi connectivity index (χ1v) is 10.3. The molecule has 7 heteroatoms. The maximum absolute atomic E-state index is 12.1. The second kappa shape index (κ2) is 8.54. The molecule has 0 atom stereocenters. The van der Waals surface area contributed by atoms with Gasteiger partial charge in [-0.3, -0.25) is 0 Å². The Morgan fingerprint density at radius 3 is 2.87 bits per heavy atom. The lowest BCUT2D eigenvalue weighted by Crippen LogP contribution is -2.05. The first-order chi connectivity index (χ1) is 14.6. The van der Waals surface area contributed by atoms with Gasteiger partial charge in [0.15, 0.2) is 0 Å². The zero-order chi connectivity index (χ0) is 21.1. The first-order valence-electron chi connectivity index (χ1n) is 9.13. The maximum atomic E-state index is 12.1. The van der Waals surface area contributed by atoms with Gasteiger partial charge in [0.05, 0.1) is 33.0 Å². The Morgan fingerprint density at radius 1 is 1.27 bits per heavy atom. The molecule has 4 aromatic rings. The summed E-state index contributed by atoms with van der Waals surface area (Å²) in [5.41, 5.74) is 2.23. The summed E-state index contributed by atoms with van der Waals surface area (Å²) >= 11 is 7.58. The van der Waals surface area contributed by atoms with Crippen molar-refractivity contribution in [3.63, 3.8) is 0 Å². The van der Waals surface area contributed by atoms with Crippen molar-refractivity contribution in [3.05, 3.63) is 76.0 Å². The van der Waals surface area contributed by atoms with Gasteiger partial charge in [0, 0.05) is 11.6 Å². The largest absolute Gasteiger partial charge is 0.462 e. The molecule has 2 aromatic heterocycles. The molecular weight excluding hydrogens is 420 g/mol. The van der Waals surface area contributed by atoms with Gasteiger partial charge in [0.25, 0.3) is 0 Å². The Labute approximate surface area is 181 Å². The van der Waals surface area contributed by atoms with E-state index in [0.29, 0.717) is 32.7 Å². The SMILES string of the molecule is CCOC(=O)c1cc(-c2ccc(/C=C(/C#N)c3nc4ccccc4s3)o2)ccc1Cl. The number of allylic oxidation sites excluding steroid dienone is 1. The summed E-state index contributed by atoms with van der Waals surface area (Å²) in [6, 6.07) is 18.5. The summed E-state index contributed by atoms with van der Waals surface area (Å²) < 4.78 is 11.9. The van der Waals surface area contributed by atoms with Crippen LogP contribution < -0.4 is 0 Å². The van der Waals surface area contributed by atoms with E-state index in [0.717, 1.165) is 10.2 Å². The third-order valence-electron chi connectivity index (χ3n) is 4.30. The zero-order valence-electron chi connectivity index (χ0n) is 15.9. The predicted octanol–water partition coefficient (Wildman–Crippen LogP) is 6.45. The number of carbonyl (C=O) groups excluding carboxylic acids is 1. The standard InChI is InChI=1S/C23H15ClN2O3S/c1-2-28-23(27)17-12-14(7-9-18(17)24)20-10-8-16(29-20)11-15(13-25)22-26-19-5-3-4-6-21(19)30-22/h3-12H,2H2,1H3/b15-11-. The van der Waals surface area contributed by atoms with Crippen LogP contribution in [0.1, 0.15) is 28.0 Å². The molecule has 0 amide bonds. The minimum absolute atomic E-state index is 0.262. The molecule has 0 N–H and O–H groups in total. The predicted molar refractivity (Wildman–Crippen MR) is 118 cm³/mol. The molecule has 5 nitrogen and oxygen atoms in total. The molecule has 0 fully saturated rings. The second-order valence-corrected chi connectivity index (χ2v) is 7.71. The fraction of sp³-hybridized carbons (Fsp3) is 0.0870. The number of furan rings is 1. The van der Waals surface area contributed by atoms with Crippen LogP contribution >= 0.6 is 22.9 Å². The number of para-hydroxylation sites is 1. The number of thiazole rings is 1. The van der Waals surface area contributed by atoms with Crippen LogP contribution in [-0.2, 0) is 4.74 Å². The molecule has 0 radical (unpaired) electrons. The van der Waals surface area contributed by atoms with Crippen molar-refractivity contribution >= 4 is 50.8 Å². The van der Waals surface area contributed by atoms with E-state index in [1.54, 1.807) is 43.3 Å². The highest BCUT2D eigenvalue weighted by molar-refractivity contribution is 7.19. The molecule has 0 saturated heterocycles. The van der Waals surface area contributed by atoms with Gasteiger partial charge < -0.3 is 9.15 Å². The van der Waals surface area contributed by atoms with Crippen LogP contribution in [0.2, 0.25) is 5.02 Å². The lowest BCUT2D eigenvalue weighted by molar-refractivity contribution is 0.0526. The summed E-state index contributed by atoms with van der Waals surface area (Å²) in [5, 5.41) is 10.6. The molecule has 148 valence electrons. The quantitative estimate of drug-likeness (QED) is 0.266. The number of benzene rings is 2. The number of hydrogen-bond donors (Lipinski definition) is 0. The molecule has 0 aliphatic carbocycles. The lowest BCUT2D eigenvalue weighted by Gasteiger charge is -2.05. The van der Waals surface area contributed by atoms with Crippen LogP contribution in [0.5, 0.6) is 0 Å². The molecule has 0 spiro atoms. The Hall–Kier alpha value is -3.40. The highest BCUT2D eigenvalue weighted by Gasteiger charge is 2.15. The van der Waals surface area contributed by atoms with E-state index >= 15 is 0 Å². The van der Waals surface area contributed by atoms with Gasteiger partial charge >= 0.3 is 5.97 Å². The molecular formula is C23H15ClN2O3S. The molecule has 0 bridgehead atoms. The summed E-state index contributed by atoms with van der Waals surface area (Å²) in [4.78, 5) is 16.6. The number of rotatable bonds is 5. The second-order valence-electron chi connectivity index (χ2n) is 6.27. The van der Waals surface area contributed by atoms with Crippen LogP contribution in [0.25, 0.3) is 33.2 Å². The fourth-order valence-electron chi connectivity index (χ4n) is 2.90. The average Bonchev–Trinajstić information content (AvgIpc) is 3.39. The van der Waals surface area contributed by atoms with Gasteiger partial charge in [-0.15, -0.1) is 11.3 Å². The maximum Gasteiger partial charge on any atom is 0.339 e. The van der Waals surface area contributed by atoms with Crippen LogP contribution in [0.15, 0.2) is 59.0 Å². The minimum Gasteiger partial charge on any atom is -0.462 e. The smallest absolute Gasteiger partial charge is 0.339 e. The highest BCUT2D eigenvalue weighted by atomic mass is 35.5. The summed E-state index contributed by atoms with van der Waals surface area (Å²) in [6.07, 6.45) is 1.66. The number of fused-ring (bicyclic) bond motifs is 1. The van der Waals surface area contributed by atoms with Crippen molar-refractivity contribution in [2.45, 2.75) is 6.92 Å². The van der Waals surface area contributed by atoms with E-state index in [-0.39, 0.29) is 12.2 Å². The molecule has 4 rings (SSSR count). The van der Waals surface area contributed by atoms with Crippen LogP contribution in [-0.4, -0.2) is 17.6 Å². The molecule has 2 aromatic carbocycles. The van der Waals surface area contributed by atoms with Crippen molar-refractivity contribution in [2.24, 2.45) is 0 Å². The van der Waals surface area contributed by atoms with Crippen molar-refractivity contribution < 1.29 is 13.9 Å². The lowest BCUT2D eigenvalue weighted by atomic mass is 10.1. The summed E-state index contributed by atoms with van der Waals surface area (Å²) in [5.74, 6) is 0.567. The number of aromatic nitrogens is 1. The van der Waals surface area contributed by atoms with Crippen molar-refractivity contribution in [3.8, 4) is 17.4 Å². The van der Waals surface area contributed by atoms with Crippen molar-refractivity contribution in [1.82, 2.24) is 4.98 Å². The zero-order valence-corrected chi connectivity index (χ0v) is 17.5. The van der Waals surface area contributed by atoms with Gasteiger partial charge in [-0.25, -0.2) is 9.78 Å². The number of carbonyl (C=O) groups is 1. The molecule has 0 aliphatic heterocycles. The third kappa shape index (κ3) is 3.99. The normalized spacial score (nSPS) is 11.4. The van der Waals surface area contributed by atoms with Gasteiger partial charge in [0.1, 0.15) is 22.6 Å². The van der Waals surface area contributed by atoms with E-state index in [4.69, 9.17) is 20.8 Å².